The Morgan fingerprint density at radius 1 is 0.967 bits per heavy atom. The molecule has 2 aliphatic rings. The van der Waals surface area contributed by atoms with E-state index in [1.54, 1.807) is 0 Å². The Labute approximate surface area is 183 Å². The molecule has 0 aromatic heterocycles. The summed E-state index contributed by atoms with van der Waals surface area (Å²) in [5.74, 6) is 0.213. The summed E-state index contributed by atoms with van der Waals surface area (Å²) in [6, 6.07) is 0. The van der Waals surface area contributed by atoms with Crippen molar-refractivity contribution in [3.63, 3.8) is 0 Å². The van der Waals surface area contributed by atoms with Crippen molar-refractivity contribution < 1.29 is 23.8 Å². The van der Waals surface area contributed by atoms with Crippen LogP contribution in [0.4, 0.5) is 0 Å². The summed E-state index contributed by atoms with van der Waals surface area (Å²) in [5.41, 5.74) is 0.0739. The molecule has 0 amide bonds. The summed E-state index contributed by atoms with van der Waals surface area (Å²) in [4.78, 5) is 25.3. The lowest BCUT2D eigenvalue weighted by molar-refractivity contribution is -0.170. The van der Waals surface area contributed by atoms with Crippen LogP contribution in [-0.2, 0) is 23.8 Å². The number of rotatable bonds is 9. The Balaban J connectivity index is 1.73. The molecule has 2 aliphatic carbocycles. The highest BCUT2D eigenvalue weighted by Gasteiger charge is 2.34. The van der Waals surface area contributed by atoms with Crippen molar-refractivity contribution in [3.05, 3.63) is 0 Å². The molecule has 2 rings (SSSR count). The van der Waals surface area contributed by atoms with Gasteiger partial charge in [-0.3, -0.25) is 9.59 Å². The Kier molecular flexibility index (Phi) is 10.1. The van der Waals surface area contributed by atoms with Gasteiger partial charge in [-0.2, -0.15) is 0 Å². The van der Waals surface area contributed by atoms with E-state index in [2.05, 4.69) is 34.6 Å². The van der Waals surface area contributed by atoms with Crippen molar-refractivity contribution in [2.24, 2.45) is 29.1 Å². The molecule has 0 radical (unpaired) electrons. The zero-order chi connectivity index (χ0) is 22.1. The first-order valence-electron chi connectivity index (χ1n) is 12.1. The molecule has 2 saturated carbocycles. The van der Waals surface area contributed by atoms with Crippen LogP contribution in [0.15, 0.2) is 0 Å². The minimum Gasteiger partial charge on any atom is -0.462 e. The van der Waals surface area contributed by atoms with E-state index in [9.17, 15) is 9.59 Å². The number of carbonyl (C=O) groups is 2. The maximum Gasteiger partial charge on any atom is 0.311 e. The topological polar surface area (TPSA) is 61.8 Å². The minimum atomic E-state index is -0.213. The second-order valence-electron chi connectivity index (χ2n) is 11.0. The maximum atomic E-state index is 12.8. The molecule has 3 atom stereocenters. The van der Waals surface area contributed by atoms with Gasteiger partial charge < -0.3 is 14.2 Å². The van der Waals surface area contributed by atoms with Gasteiger partial charge in [0.25, 0.3) is 0 Å². The predicted molar refractivity (Wildman–Crippen MR) is 118 cm³/mol. The number of hydrogen-bond acceptors (Lipinski definition) is 5. The van der Waals surface area contributed by atoms with Gasteiger partial charge in [-0.05, 0) is 62.2 Å². The summed E-state index contributed by atoms with van der Waals surface area (Å²) >= 11 is 0. The third kappa shape index (κ3) is 8.95. The van der Waals surface area contributed by atoms with Crippen molar-refractivity contribution in [2.75, 3.05) is 13.4 Å². The van der Waals surface area contributed by atoms with Crippen LogP contribution in [0.5, 0.6) is 0 Å². The zero-order valence-corrected chi connectivity index (χ0v) is 19.9. The average Bonchev–Trinajstić information content (AvgIpc) is 2.69. The summed E-state index contributed by atoms with van der Waals surface area (Å²) < 4.78 is 16.8. The van der Waals surface area contributed by atoms with E-state index in [1.165, 1.54) is 32.1 Å². The normalized spacial score (nSPS) is 24.5. The SMILES string of the molecule is CC(C)[C@H](CC(C)(C)C)C(=O)OC1CCCC(C(=O)OCOCC2CCCCC2)C1. The lowest BCUT2D eigenvalue weighted by Crippen LogP contribution is -2.34. The van der Waals surface area contributed by atoms with Crippen LogP contribution in [0.25, 0.3) is 0 Å². The molecule has 174 valence electrons. The largest absolute Gasteiger partial charge is 0.462 e. The maximum absolute atomic E-state index is 12.8. The van der Waals surface area contributed by atoms with E-state index in [0.29, 0.717) is 18.9 Å². The van der Waals surface area contributed by atoms with Crippen LogP contribution >= 0.6 is 0 Å². The first kappa shape index (κ1) is 25.2. The van der Waals surface area contributed by atoms with Crippen molar-refractivity contribution in [1.29, 1.82) is 0 Å². The monoisotopic (exact) mass is 424 g/mol. The van der Waals surface area contributed by atoms with Crippen LogP contribution < -0.4 is 0 Å². The third-order valence-electron chi connectivity index (χ3n) is 6.54. The van der Waals surface area contributed by atoms with Crippen molar-refractivity contribution in [3.8, 4) is 0 Å². The minimum absolute atomic E-state index is 0.0390. The third-order valence-corrected chi connectivity index (χ3v) is 6.54. The van der Waals surface area contributed by atoms with E-state index in [4.69, 9.17) is 14.2 Å². The Hall–Kier alpha value is -1.10. The van der Waals surface area contributed by atoms with Crippen LogP contribution in [0.1, 0.15) is 98.8 Å². The average molecular weight is 425 g/mol. The first-order valence-corrected chi connectivity index (χ1v) is 12.1. The van der Waals surface area contributed by atoms with Gasteiger partial charge in [-0.15, -0.1) is 0 Å². The van der Waals surface area contributed by atoms with E-state index >= 15 is 0 Å². The molecule has 5 heteroatoms. The van der Waals surface area contributed by atoms with Crippen molar-refractivity contribution in [1.82, 2.24) is 0 Å². The highest BCUT2D eigenvalue weighted by molar-refractivity contribution is 5.74. The standard InChI is InChI=1S/C25H44O5/c1-18(2)22(15-25(3,4)5)24(27)30-21-13-9-12-20(14-21)23(26)29-17-28-16-19-10-7-6-8-11-19/h18-22H,6-17H2,1-5H3/t20?,21?,22-/m0/s1. The van der Waals surface area contributed by atoms with Gasteiger partial charge in [0.2, 0.25) is 0 Å². The number of hydrogen-bond donors (Lipinski definition) is 0. The highest BCUT2D eigenvalue weighted by Crippen LogP contribution is 2.33. The summed E-state index contributed by atoms with van der Waals surface area (Å²) in [5, 5.41) is 0. The van der Waals surface area contributed by atoms with Crippen LogP contribution in [0.2, 0.25) is 0 Å². The molecule has 0 saturated heterocycles. The molecular weight excluding hydrogens is 380 g/mol. The lowest BCUT2D eigenvalue weighted by Gasteiger charge is -2.31. The number of ether oxygens (including phenoxy) is 3. The quantitative estimate of drug-likeness (QED) is 0.262. The Morgan fingerprint density at radius 3 is 2.30 bits per heavy atom. The van der Waals surface area contributed by atoms with Gasteiger partial charge >= 0.3 is 11.9 Å². The molecular formula is C25H44O5. The number of carbonyl (C=O) groups excluding carboxylic acids is 2. The fraction of sp³-hybridized carbons (Fsp3) is 0.920. The second kappa shape index (κ2) is 12.1. The molecule has 0 N–H and O–H groups in total. The first-order chi connectivity index (χ1) is 14.2. The molecule has 0 aromatic carbocycles. The molecule has 0 bridgehead atoms. The highest BCUT2D eigenvalue weighted by atomic mass is 16.7. The Bertz CT molecular complexity index is 530. The summed E-state index contributed by atoms with van der Waals surface area (Å²) in [7, 11) is 0. The fourth-order valence-corrected chi connectivity index (χ4v) is 4.75. The van der Waals surface area contributed by atoms with E-state index in [1.807, 2.05) is 0 Å². The number of esters is 2. The van der Waals surface area contributed by atoms with Crippen LogP contribution in [-0.4, -0.2) is 31.4 Å². The van der Waals surface area contributed by atoms with Gasteiger partial charge in [0.05, 0.1) is 18.4 Å². The zero-order valence-electron chi connectivity index (χ0n) is 19.9. The van der Waals surface area contributed by atoms with Crippen LogP contribution in [0, 0.1) is 29.1 Å². The summed E-state index contributed by atoms with van der Waals surface area (Å²) in [6.07, 6.45) is 10.0. The molecule has 2 fully saturated rings. The molecule has 0 heterocycles. The molecule has 0 aromatic rings. The van der Waals surface area contributed by atoms with Crippen molar-refractivity contribution in [2.45, 2.75) is 105 Å². The summed E-state index contributed by atoms with van der Waals surface area (Å²) in [6.45, 7) is 11.3. The van der Waals surface area contributed by atoms with Gasteiger partial charge in [-0.1, -0.05) is 53.9 Å². The lowest BCUT2D eigenvalue weighted by atomic mass is 9.79. The second-order valence-corrected chi connectivity index (χ2v) is 11.0. The molecule has 0 aliphatic heterocycles. The molecule has 5 nitrogen and oxygen atoms in total. The molecule has 2 unspecified atom stereocenters. The van der Waals surface area contributed by atoms with E-state index in [0.717, 1.165) is 25.7 Å². The predicted octanol–water partition coefficient (Wildman–Crippen LogP) is 5.89. The van der Waals surface area contributed by atoms with E-state index in [-0.39, 0.29) is 48.0 Å². The van der Waals surface area contributed by atoms with Gasteiger partial charge in [0.15, 0.2) is 6.79 Å². The van der Waals surface area contributed by atoms with E-state index < -0.39 is 0 Å². The van der Waals surface area contributed by atoms with Gasteiger partial charge in [0.1, 0.15) is 6.10 Å². The van der Waals surface area contributed by atoms with Gasteiger partial charge in [-0.25, -0.2) is 0 Å². The van der Waals surface area contributed by atoms with Gasteiger partial charge in [0, 0.05) is 0 Å². The smallest absolute Gasteiger partial charge is 0.311 e. The fourth-order valence-electron chi connectivity index (χ4n) is 4.75. The molecule has 0 spiro atoms. The van der Waals surface area contributed by atoms with Crippen molar-refractivity contribution >= 4 is 11.9 Å². The van der Waals surface area contributed by atoms with Crippen LogP contribution in [0.3, 0.4) is 0 Å². The molecule has 30 heavy (non-hydrogen) atoms. The Morgan fingerprint density at radius 2 is 1.67 bits per heavy atom.